The zero-order valence-corrected chi connectivity index (χ0v) is 19.1. The van der Waals surface area contributed by atoms with Gasteiger partial charge in [-0.15, -0.1) is 0 Å². The molecule has 0 rings (SSSR count). The maximum absolute atomic E-state index is 10.7. The number of alkyl halides is 6. The second-order valence-electron chi connectivity index (χ2n) is 5.53. The molecule has 6 nitrogen and oxygen atoms in total. The van der Waals surface area contributed by atoms with Gasteiger partial charge in [-0.25, -0.2) is 16.8 Å². The van der Waals surface area contributed by atoms with Crippen LogP contribution in [0.2, 0.25) is 0 Å². The topological polar surface area (TPSA) is 114 Å². The molecule has 0 aliphatic carbocycles. The van der Waals surface area contributed by atoms with Crippen molar-refractivity contribution in [1.82, 2.24) is 0 Å². The summed E-state index contributed by atoms with van der Waals surface area (Å²) in [5.41, 5.74) is -8.60. The van der Waals surface area contributed by atoms with Gasteiger partial charge in [0.1, 0.15) is 0 Å². The van der Waals surface area contributed by atoms with Gasteiger partial charge in [0.15, 0.2) is 20.2 Å². The molecule has 0 spiro atoms. The fourth-order valence-electron chi connectivity index (χ4n) is 1.79. The van der Waals surface area contributed by atoms with E-state index in [4.69, 9.17) is 25.9 Å². The summed E-state index contributed by atoms with van der Waals surface area (Å²) in [5.74, 6) is 0. The van der Waals surface area contributed by atoms with E-state index in [-0.39, 0.29) is 28.3 Å². The molecular formula is C11H21F6O6PPdS2. The molecule has 170 valence electrons. The van der Waals surface area contributed by atoms with E-state index in [1.807, 2.05) is 0 Å². The molecule has 0 amide bonds. The molecule has 27 heavy (non-hydrogen) atoms. The van der Waals surface area contributed by atoms with Crippen molar-refractivity contribution in [2.75, 3.05) is 0 Å². The molecular weight excluding hydrogens is 544 g/mol. The Labute approximate surface area is 170 Å². The molecule has 0 radical (unpaired) electrons. The van der Waals surface area contributed by atoms with Crippen molar-refractivity contribution in [2.45, 2.75) is 69.5 Å². The Morgan fingerprint density at radius 2 is 0.741 bits per heavy atom. The number of hydrogen-bond acceptors (Lipinski definition) is 6. The quantitative estimate of drug-likeness (QED) is 0.169. The Hall–Kier alpha value is 0.492. The van der Waals surface area contributed by atoms with E-state index in [1.54, 1.807) is 0 Å². The van der Waals surface area contributed by atoms with Gasteiger partial charge in [0, 0.05) is 0 Å². The van der Waals surface area contributed by atoms with Crippen LogP contribution in [0.15, 0.2) is 0 Å². The summed E-state index contributed by atoms with van der Waals surface area (Å²) in [6, 6.07) is 0. The average molecular weight is 565 g/mol. The largest absolute Gasteiger partial charge is 2.00 e. The SMILES string of the molecule is CC(C)P(C(C)C)C(C)C.O=S(=O)([O-])C(F)(F)F.O=S(=O)([O-])C(F)(F)F.[Pd+2]. The van der Waals surface area contributed by atoms with Gasteiger partial charge in [-0.3, -0.25) is 0 Å². The third-order valence-electron chi connectivity index (χ3n) is 2.36. The first-order chi connectivity index (χ1) is 11.0. The van der Waals surface area contributed by atoms with Crippen molar-refractivity contribution in [3.8, 4) is 0 Å². The fraction of sp³-hybridized carbons (Fsp3) is 1.00. The molecule has 0 saturated carbocycles. The van der Waals surface area contributed by atoms with Crippen molar-refractivity contribution < 1.29 is 72.7 Å². The summed E-state index contributed by atoms with van der Waals surface area (Å²) in [5, 5.41) is 0. The van der Waals surface area contributed by atoms with E-state index in [1.165, 1.54) is 0 Å². The van der Waals surface area contributed by atoms with E-state index in [9.17, 15) is 26.3 Å². The van der Waals surface area contributed by atoms with Gasteiger partial charge < -0.3 is 9.11 Å². The zero-order valence-electron chi connectivity index (χ0n) is 15.0. The Morgan fingerprint density at radius 3 is 0.741 bits per heavy atom. The predicted molar refractivity (Wildman–Crippen MR) is 83.8 cm³/mol. The van der Waals surface area contributed by atoms with E-state index >= 15 is 0 Å². The van der Waals surface area contributed by atoms with E-state index in [2.05, 4.69) is 41.5 Å². The van der Waals surface area contributed by atoms with Crippen LogP contribution in [0.1, 0.15) is 41.5 Å². The molecule has 0 atom stereocenters. The molecule has 0 saturated heterocycles. The maximum atomic E-state index is 10.7. The Bertz CT molecular complexity index is 541. The van der Waals surface area contributed by atoms with Crippen molar-refractivity contribution in [1.29, 1.82) is 0 Å². The minimum Gasteiger partial charge on any atom is -0.741 e. The first kappa shape index (κ1) is 35.0. The molecule has 0 aliphatic heterocycles. The second kappa shape index (κ2) is 12.9. The normalized spacial score (nSPS) is 13.0. The molecule has 16 heteroatoms. The maximum Gasteiger partial charge on any atom is 2.00 e. The van der Waals surface area contributed by atoms with Crippen molar-refractivity contribution in [3.05, 3.63) is 0 Å². The van der Waals surface area contributed by atoms with Gasteiger partial charge >= 0.3 is 31.4 Å². The molecule has 0 aromatic rings. The summed E-state index contributed by atoms with van der Waals surface area (Å²) in [7, 11) is -11.9. The van der Waals surface area contributed by atoms with Gasteiger partial charge in [0.05, 0.1) is 0 Å². The Balaban J connectivity index is -0.000000146. The Kier molecular flexibility index (Phi) is 16.7. The number of rotatable bonds is 3. The number of halogens is 6. The molecule has 0 heterocycles. The molecule has 0 fully saturated rings. The van der Waals surface area contributed by atoms with Crippen LogP contribution in [0.5, 0.6) is 0 Å². The summed E-state index contributed by atoms with van der Waals surface area (Å²) in [6.45, 7) is 14.1. The first-order valence-electron chi connectivity index (χ1n) is 6.78. The standard InChI is InChI=1S/C9H21P.2CHF3O3S.Pd/c1-7(2)10(8(3)4)9(5)6;2*2-1(3,4)8(5,6)7;/h7-9H,1-6H3;2*(H,5,6,7);/q;;;+2/p-2. The van der Waals surface area contributed by atoms with Gasteiger partial charge in [-0.2, -0.15) is 26.3 Å². The molecule has 0 aliphatic rings. The zero-order chi connectivity index (χ0) is 22.3. The van der Waals surface area contributed by atoms with Gasteiger partial charge in [0.25, 0.3) is 0 Å². The van der Waals surface area contributed by atoms with Crippen LogP contribution in [0.4, 0.5) is 26.3 Å². The van der Waals surface area contributed by atoms with Gasteiger partial charge in [0.2, 0.25) is 0 Å². The smallest absolute Gasteiger partial charge is 0.741 e. The minimum absolute atomic E-state index is 0. The van der Waals surface area contributed by atoms with Crippen LogP contribution < -0.4 is 0 Å². The summed E-state index contributed by atoms with van der Waals surface area (Å²) in [6.07, 6.45) is 0. The van der Waals surface area contributed by atoms with E-state index < -0.39 is 31.3 Å². The summed E-state index contributed by atoms with van der Waals surface area (Å²) < 4.78 is 118. The third kappa shape index (κ3) is 17.1. The third-order valence-corrected chi connectivity index (χ3v) is 7.07. The Morgan fingerprint density at radius 1 is 0.630 bits per heavy atom. The second-order valence-corrected chi connectivity index (χ2v) is 12.3. The first-order valence-corrected chi connectivity index (χ1v) is 11.1. The molecule has 0 bridgehead atoms. The molecule has 0 aromatic heterocycles. The van der Waals surface area contributed by atoms with Crippen LogP contribution >= 0.6 is 7.92 Å². The van der Waals surface area contributed by atoms with Crippen LogP contribution in [-0.2, 0) is 40.7 Å². The monoisotopic (exact) mass is 564 g/mol. The molecule has 0 unspecified atom stereocenters. The van der Waals surface area contributed by atoms with Crippen molar-refractivity contribution in [3.63, 3.8) is 0 Å². The van der Waals surface area contributed by atoms with Crippen molar-refractivity contribution in [2.24, 2.45) is 0 Å². The van der Waals surface area contributed by atoms with Crippen LogP contribution in [0.25, 0.3) is 0 Å². The predicted octanol–water partition coefficient (Wildman–Crippen LogP) is 3.79. The van der Waals surface area contributed by atoms with Gasteiger partial charge in [-0.05, 0) is 17.0 Å². The average Bonchev–Trinajstić information content (AvgIpc) is 2.21. The fourth-order valence-corrected chi connectivity index (χ4v) is 5.37. The van der Waals surface area contributed by atoms with E-state index in [0.29, 0.717) is 0 Å². The van der Waals surface area contributed by atoms with Crippen molar-refractivity contribution >= 4 is 28.2 Å². The van der Waals surface area contributed by atoms with Crippen LogP contribution in [0.3, 0.4) is 0 Å². The van der Waals surface area contributed by atoms with Gasteiger partial charge in [-0.1, -0.05) is 49.5 Å². The number of hydrogen-bond donors (Lipinski definition) is 0. The summed E-state index contributed by atoms with van der Waals surface area (Å²) >= 11 is 0. The summed E-state index contributed by atoms with van der Waals surface area (Å²) in [4.78, 5) is 0. The van der Waals surface area contributed by atoms with E-state index in [0.717, 1.165) is 17.0 Å². The van der Waals surface area contributed by atoms with Crippen LogP contribution in [-0.4, -0.2) is 53.9 Å². The minimum atomic E-state index is -6.09. The molecule has 0 aromatic carbocycles. The molecule has 0 N–H and O–H groups in total. The van der Waals surface area contributed by atoms with Crippen LogP contribution in [0, 0.1) is 0 Å².